The van der Waals surface area contributed by atoms with Crippen LogP contribution in [-0.2, 0) is 28.7 Å². The van der Waals surface area contributed by atoms with Crippen molar-refractivity contribution >= 4 is 41.0 Å². The summed E-state index contributed by atoms with van der Waals surface area (Å²) in [5, 5.41) is 14.0. The number of cyclic esters (lactones) is 1. The third kappa shape index (κ3) is 5.84. The Morgan fingerprint density at radius 2 is 1.83 bits per heavy atom. The lowest BCUT2D eigenvalue weighted by molar-refractivity contribution is -0.160. The van der Waals surface area contributed by atoms with E-state index >= 15 is 0 Å². The molecule has 10 nitrogen and oxygen atoms in total. The summed E-state index contributed by atoms with van der Waals surface area (Å²) in [6.45, 7) is 5.59. The Hall–Kier alpha value is -3.99. The molecule has 2 N–H and O–H groups in total. The van der Waals surface area contributed by atoms with Crippen molar-refractivity contribution in [1.29, 1.82) is 0 Å². The van der Waals surface area contributed by atoms with Crippen LogP contribution in [-0.4, -0.2) is 77.2 Å². The summed E-state index contributed by atoms with van der Waals surface area (Å²) >= 11 is 6.68. The van der Waals surface area contributed by atoms with Gasteiger partial charge in [0.05, 0.1) is 41.9 Å². The molecule has 254 valence electrons. The van der Waals surface area contributed by atoms with Crippen molar-refractivity contribution in [3.8, 4) is 0 Å². The van der Waals surface area contributed by atoms with Crippen LogP contribution in [0, 0.1) is 24.7 Å². The van der Waals surface area contributed by atoms with Crippen molar-refractivity contribution < 1.29 is 33.8 Å². The number of nitrogens with zero attached hydrogens (tertiary/aromatic N) is 2. The zero-order valence-corrected chi connectivity index (χ0v) is 28.1. The van der Waals surface area contributed by atoms with Crippen LogP contribution in [0.5, 0.6) is 0 Å². The fourth-order valence-electron chi connectivity index (χ4n) is 7.68. The maximum atomic E-state index is 14.9. The van der Waals surface area contributed by atoms with Crippen LogP contribution in [0.15, 0.2) is 72.8 Å². The minimum absolute atomic E-state index is 0.0557. The molecule has 48 heavy (non-hydrogen) atoms. The molecule has 1 spiro atoms. The summed E-state index contributed by atoms with van der Waals surface area (Å²) in [7, 11) is 0. The first-order valence-electron chi connectivity index (χ1n) is 16.7. The minimum Gasteiger partial charge on any atom is -0.455 e. The van der Waals surface area contributed by atoms with Gasteiger partial charge in [-0.15, -0.1) is 0 Å². The van der Waals surface area contributed by atoms with Crippen molar-refractivity contribution in [2.24, 2.45) is 17.8 Å². The number of carbonyl (C=O) groups excluding carboxylic acids is 4. The number of esters is 1. The Labute approximate surface area is 285 Å². The Morgan fingerprint density at radius 3 is 2.54 bits per heavy atom. The molecule has 4 aliphatic rings. The van der Waals surface area contributed by atoms with E-state index in [1.165, 1.54) is 4.90 Å². The van der Waals surface area contributed by atoms with Gasteiger partial charge < -0.3 is 29.7 Å². The van der Waals surface area contributed by atoms with Gasteiger partial charge in [0, 0.05) is 13.0 Å². The predicted octanol–water partition coefficient (Wildman–Crippen LogP) is 4.29. The van der Waals surface area contributed by atoms with Crippen molar-refractivity contribution in [2.45, 2.75) is 69.9 Å². The maximum Gasteiger partial charge on any atom is 0.313 e. The molecule has 2 aromatic carbocycles. The number of carbonyl (C=O) groups is 4. The molecular weight excluding hydrogens is 634 g/mol. The number of aliphatic hydroxyl groups is 1. The summed E-state index contributed by atoms with van der Waals surface area (Å²) in [5.74, 6) is -4.12. The van der Waals surface area contributed by atoms with Crippen molar-refractivity contribution in [3.63, 3.8) is 0 Å². The number of aryl methyl sites for hydroxylation is 1. The Kier molecular flexibility index (Phi) is 9.79. The minimum atomic E-state index is -1.55. The molecule has 6 rings (SSSR count). The van der Waals surface area contributed by atoms with Gasteiger partial charge in [-0.3, -0.25) is 19.2 Å². The second kappa shape index (κ2) is 13.9. The van der Waals surface area contributed by atoms with Crippen molar-refractivity contribution in [3.05, 3.63) is 89.0 Å². The Morgan fingerprint density at radius 1 is 1.06 bits per heavy atom. The number of rotatable bonds is 6. The molecule has 8 atom stereocenters. The van der Waals surface area contributed by atoms with Gasteiger partial charge >= 0.3 is 5.97 Å². The molecule has 0 aliphatic carbocycles. The maximum absolute atomic E-state index is 14.9. The van der Waals surface area contributed by atoms with Gasteiger partial charge in [0.2, 0.25) is 11.8 Å². The normalized spacial score (nSPS) is 31.0. The fraction of sp³-hybridized carbons (Fsp3) is 0.459. The number of para-hydroxylation sites is 1. The molecule has 2 saturated heterocycles. The van der Waals surface area contributed by atoms with Crippen LogP contribution in [0.25, 0.3) is 0 Å². The lowest BCUT2D eigenvalue weighted by atomic mass is 9.77. The number of anilines is 1. The van der Waals surface area contributed by atoms with Gasteiger partial charge in [0.1, 0.15) is 23.7 Å². The van der Waals surface area contributed by atoms with Crippen molar-refractivity contribution in [1.82, 2.24) is 10.2 Å². The summed E-state index contributed by atoms with van der Waals surface area (Å²) in [4.78, 5) is 59.9. The largest absolute Gasteiger partial charge is 0.455 e. The molecule has 0 unspecified atom stereocenters. The topological polar surface area (TPSA) is 125 Å². The van der Waals surface area contributed by atoms with Crippen LogP contribution >= 0.6 is 11.6 Å². The summed E-state index contributed by atoms with van der Waals surface area (Å²) < 4.78 is 13.0. The molecule has 0 bridgehead atoms. The smallest absolute Gasteiger partial charge is 0.313 e. The van der Waals surface area contributed by atoms with E-state index in [1.807, 2.05) is 63.2 Å². The number of aliphatic hydroxyl groups excluding tert-OH is 1. The lowest BCUT2D eigenvalue weighted by Gasteiger charge is -2.40. The van der Waals surface area contributed by atoms with Crippen LogP contribution in [0.3, 0.4) is 0 Å². The molecule has 4 heterocycles. The van der Waals surface area contributed by atoms with Gasteiger partial charge in [0.25, 0.3) is 5.91 Å². The quantitative estimate of drug-likeness (QED) is 0.346. The highest BCUT2D eigenvalue weighted by atomic mass is 35.5. The van der Waals surface area contributed by atoms with Crippen LogP contribution < -0.4 is 10.2 Å². The number of ether oxygens (including phenoxy) is 2. The van der Waals surface area contributed by atoms with E-state index < -0.39 is 59.5 Å². The summed E-state index contributed by atoms with van der Waals surface area (Å²) in [5.41, 5.74) is 0.447. The summed E-state index contributed by atoms with van der Waals surface area (Å²) in [6.07, 6.45) is 6.52. The zero-order valence-electron chi connectivity index (χ0n) is 27.4. The number of allylic oxidation sites excluding steroid dienone is 1. The molecule has 0 aromatic heterocycles. The van der Waals surface area contributed by atoms with E-state index in [9.17, 15) is 24.3 Å². The van der Waals surface area contributed by atoms with Gasteiger partial charge in [-0.25, -0.2) is 0 Å². The highest BCUT2D eigenvalue weighted by Gasteiger charge is 2.73. The highest BCUT2D eigenvalue weighted by Crippen LogP contribution is 2.54. The van der Waals surface area contributed by atoms with E-state index in [1.54, 1.807) is 35.3 Å². The average Bonchev–Trinajstić information content (AvgIpc) is 3.47. The van der Waals surface area contributed by atoms with Crippen LogP contribution in [0.1, 0.15) is 50.3 Å². The molecule has 2 aromatic rings. The molecule has 11 heteroatoms. The molecule has 3 amide bonds. The number of fused-ring (bicyclic) bond motifs is 2. The molecule has 0 saturated carbocycles. The number of likely N-dealkylation sites (tertiary alicyclic amines) is 1. The third-order valence-corrected chi connectivity index (χ3v) is 10.6. The first-order chi connectivity index (χ1) is 23.1. The summed E-state index contributed by atoms with van der Waals surface area (Å²) in [6, 6.07) is 12.6. The highest BCUT2D eigenvalue weighted by molar-refractivity contribution is 6.34. The second-order valence-corrected chi connectivity index (χ2v) is 13.5. The monoisotopic (exact) mass is 675 g/mol. The number of nitrogens with one attached hydrogen (secondary N) is 1. The first kappa shape index (κ1) is 33.9. The number of amides is 3. The van der Waals surface area contributed by atoms with E-state index in [2.05, 4.69) is 5.32 Å². The SMILES string of the molecule is CC[C@H](C)[C@H](CO)N1C(=O)[C@H]2[C@@H]3C(=O)O[C@@H](c4ccccc4)CNC(=O)CC/C=C\[C@@H]3O[C@]23C=CCN(c2c(C)cccc2Cl)C(=O)[C@H]13. The number of hydrogen-bond donors (Lipinski definition) is 2. The van der Waals surface area contributed by atoms with Gasteiger partial charge in [-0.1, -0.05) is 98.6 Å². The van der Waals surface area contributed by atoms with Gasteiger partial charge in [0.15, 0.2) is 0 Å². The zero-order chi connectivity index (χ0) is 34.2. The number of benzene rings is 2. The lowest BCUT2D eigenvalue weighted by Crippen LogP contribution is -2.59. The third-order valence-electron chi connectivity index (χ3n) is 10.3. The molecule has 0 radical (unpaired) electrons. The van der Waals surface area contributed by atoms with E-state index in [4.69, 9.17) is 21.1 Å². The second-order valence-electron chi connectivity index (χ2n) is 13.1. The van der Waals surface area contributed by atoms with E-state index in [0.717, 1.165) is 5.56 Å². The van der Waals surface area contributed by atoms with Crippen molar-refractivity contribution in [2.75, 3.05) is 24.6 Å². The van der Waals surface area contributed by atoms with Crippen LogP contribution in [0.2, 0.25) is 5.02 Å². The van der Waals surface area contributed by atoms with Gasteiger partial charge in [-0.05, 0) is 36.5 Å². The van der Waals surface area contributed by atoms with Gasteiger partial charge in [-0.2, -0.15) is 0 Å². The Bertz CT molecular complexity index is 1610. The molecular formula is C37H42ClN3O7. The Balaban J connectivity index is 1.49. The fourth-order valence-corrected chi connectivity index (χ4v) is 8.01. The number of hydrogen-bond acceptors (Lipinski definition) is 7. The number of halogens is 1. The first-order valence-corrected chi connectivity index (χ1v) is 17.0. The van der Waals surface area contributed by atoms with E-state index in [0.29, 0.717) is 29.1 Å². The van der Waals surface area contributed by atoms with E-state index in [-0.39, 0.29) is 37.9 Å². The standard InChI is InChI=1S/C37H42ClN3O7/c1-4-22(2)26(21-42)41-33-35(45)40(32-23(3)12-10-15-25(32)38)19-11-18-37(33)31(34(41)44)30-27(48-37)16-8-9-17-29(43)39-20-28(47-36(30)46)24-13-6-5-7-14-24/h5-8,10-16,18,22,26-28,30-31,33,42H,4,9,17,19-21H2,1-3H3,(H,39,43)/b16-8-/t22-,26-,27-,28+,30+,31+,33-,37+/m0/s1. The average molecular weight is 676 g/mol. The molecule has 4 aliphatic heterocycles. The predicted molar refractivity (Wildman–Crippen MR) is 180 cm³/mol. The molecule has 2 fully saturated rings. The van der Waals surface area contributed by atoms with Crippen LogP contribution in [0.4, 0.5) is 5.69 Å².